The van der Waals surface area contributed by atoms with E-state index in [4.69, 9.17) is 0 Å². The molecule has 3 aromatic carbocycles. The summed E-state index contributed by atoms with van der Waals surface area (Å²) < 4.78 is 26.3. The van der Waals surface area contributed by atoms with Crippen molar-refractivity contribution in [3.05, 3.63) is 89.0 Å². The van der Waals surface area contributed by atoms with Crippen LogP contribution in [0.1, 0.15) is 22.3 Å². The SMILES string of the molecule is Cc1ccc(S(=O)(=O)c2cc(C)cc(NCC(=O)NCc3ccccc3)c2C)cc1. The summed E-state index contributed by atoms with van der Waals surface area (Å²) in [7, 11) is -3.66. The van der Waals surface area contributed by atoms with Crippen molar-refractivity contribution in [3.8, 4) is 0 Å². The number of aryl methyl sites for hydroxylation is 2. The van der Waals surface area contributed by atoms with Crippen LogP contribution in [0.15, 0.2) is 76.5 Å². The smallest absolute Gasteiger partial charge is 0.239 e. The van der Waals surface area contributed by atoms with Crippen molar-refractivity contribution in [2.24, 2.45) is 0 Å². The van der Waals surface area contributed by atoms with Gasteiger partial charge in [0.25, 0.3) is 0 Å². The van der Waals surface area contributed by atoms with E-state index in [1.165, 1.54) is 0 Å². The first kappa shape index (κ1) is 21.6. The number of carbonyl (C=O) groups is 1. The van der Waals surface area contributed by atoms with Crippen LogP contribution in [0.2, 0.25) is 0 Å². The average molecular weight is 423 g/mol. The number of carbonyl (C=O) groups excluding carboxylic acids is 1. The van der Waals surface area contributed by atoms with Crippen LogP contribution in [0.25, 0.3) is 0 Å². The van der Waals surface area contributed by atoms with E-state index in [1.807, 2.05) is 50.2 Å². The molecule has 0 radical (unpaired) electrons. The summed E-state index contributed by atoms with van der Waals surface area (Å²) in [4.78, 5) is 12.7. The lowest BCUT2D eigenvalue weighted by atomic mass is 10.1. The summed E-state index contributed by atoms with van der Waals surface area (Å²) >= 11 is 0. The summed E-state index contributed by atoms with van der Waals surface area (Å²) in [6.45, 7) is 6.01. The Kier molecular flexibility index (Phi) is 6.57. The Balaban J connectivity index is 1.76. The van der Waals surface area contributed by atoms with Gasteiger partial charge in [-0.2, -0.15) is 0 Å². The van der Waals surface area contributed by atoms with Crippen LogP contribution in [0, 0.1) is 20.8 Å². The van der Waals surface area contributed by atoms with E-state index in [1.54, 1.807) is 37.3 Å². The Morgan fingerprint density at radius 3 is 2.20 bits per heavy atom. The predicted octanol–water partition coefficient (Wildman–Crippen LogP) is 4.17. The van der Waals surface area contributed by atoms with Crippen molar-refractivity contribution >= 4 is 21.4 Å². The van der Waals surface area contributed by atoms with Gasteiger partial charge >= 0.3 is 0 Å². The fraction of sp³-hybridized carbons (Fsp3) is 0.208. The molecule has 0 unspecified atom stereocenters. The van der Waals surface area contributed by atoms with Crippen LogP contribution >= 0.6 is 0 Å². The molecule has 0 aliphatic carbocycles. The summed E-state index contributed by atoms with van der Waals surface area (Å²) in [5.74, 6) is -0.164. The number of benzene rings is 3. The Morgan fingerprint density at radius 2 is 1.53 bits per heavy atom. The molecule has 0 atom stereocenters. The second-order valence-electron chi connectivity index (χ2n) is 7.37. The van der Waals surface area contributed by atoms with Crippen molar-refractivity contribution < 1.29 is 13.2 Å². The molecule has 0 fully saturated rings. The van der Waals surface area contributed by atoms with Crippen LogP contribution in [-0.4, -0.2) is 20.9 Å². The number of nitrogens with one attached hydrogen (secondary N) is 2. The standard InChI is InChI=1S/C24H26N2O3S/c1-17-9-11-21(12-10-17)30(28,29)23-14-18(2)13-22(19(23)3)25-16-24(27)26-15-20-7-5-4-6-8-20/h4-14,25H,15-16H2,1-3H3,(H,26,27). The normalized spacial score (nSPS) is 11.2. The van der Waals surface area contributed by atoms with Gasteiger partial charge in [0, 0.05) is 12.2 Å². The molecular weight excluding hydrogens is 396 g/mol. The number of hydrogen-bond donors (Lipinski definition) is 2. The number of rotatable bonds is 7. The van der Waals surface area contributed by atoms with E-state index in [0.717, 1.165) is 16.7 Å². The monoisotopic (exact) mass is 422 g/mol. The zero-order chi connectivity index (χ0) is 21.7. The zero-order valence-corrected chi connectivity index (χ0v) is 18.2. The summed E-state index contributed by atoms with van der Waals surface area (Å²) in [5.41, 5.74) is 4.05. The van der Waals surface area contributed by atoms with E-state index in [2.05, 4.69) is 10.6 Å². The molecule has 0 aliphatic rings. The molecule has 5 nitrogen and oxygen atoms in total. The van der Waals surface area contributed by atoms with Crippen molar-refractivity contribution in [1.82, 2.24) is 5.32 Å². The van der Waals surface area contributed by atoms with Gasteiger partial charge in [0.05, 0.1) is 16.3 Å². The fourth-order valence-corrected chi connectivity index (χ4v) is 4.77. The molecule has 0 aromatic heterocycles. The van der Waals surface area contributed by atoms with Crippen molar-refractivity contribution in [2.45, 2.75) is 37.1 Å². The highest BCUT2D eigenvalue weighted by atomic mass is 32.2. The van der Waals surface area contributed by atoms with E-state index >= 15 is 0 Å². The highest BCUT2D eigenvalue weighted by molar-refractivity contribution is 7.91. The highest BCUT2D eigenvalue weighted by Crippen LogP contribution is 2.30. The molecule has 30 heavy (non-hydrogen) atoms. The second-order valence-corrected chi connectivity index (χ2v) is 9.29. The predicted molar refractivity (Wildman–Crippen MR) is 119 cm³/mol. The first-order chi connectivity index (χ1) is 14.3. The maximum Gasteiger partial charge on any atom is 0.239 e. The van der Waals surface area contributed by atoms with Crippen LogP contribution in [0.4, 0.5) is 5.69 Å². The molecule has 3 aromatic rings. The van der Waals surface area contributed by atoms with E-state index in [0.29, 0.717) is 17.8 Å². The van der Waals surface area contributed by atoms with Crippen molar-refractivity contribution in [2.75, 3.05) is 11.9 Å². The van der Waals surface area contributed by atoms with E-state index < -0.39 is 9.84 Å². The maximum absolute atomic E-state index is 13.2. The van der Waals surface area contributed by atoms with Gasteiger partial charge in [-0.05, 0) is 61.7 Å². The van der Waals surface area contributed by atoms with E-state index in [-0.39, 0.29) is 22.2 Å². The van der Waals surface area contributed by atoms with Crippen molar-refractivity contribution in [3.63, 3.8) is 0 Å². The van der Waals surface area contributed by atoms with Crippen LogP contribution in [-0.2, 0) is 21.2 Å². The van der Waals surface area contributed by atoms with Gasteiger partial charge in [-0.25, -0.2) is 8.42 Å². The first-order valence-corrected chi connectivity index (χ1v) is 11.2. The Labute approximate surface area is 178 Å². The van der Waals surface area contributed by atoms with Gasteiger partial charge < -0.3 is 10.6 Å². The third-order valence-corrected chi connectivity index (χ3v) is 6.79. The molecule has 1 amide bonds. The Hall–Kier alpha value is -3.12. The minimum absolute atomic E-state index is 0.0567. The summed E-state index contributed by atoms with van der Waals surface area (Å²) in [5, 5.41) is 5.95. The molecule has 0 heterocycles. The van der Waals surface area contributed by atoms with Crippen LogP contribution < -0.4 is 10.6 Å². The van der Waals surface area contributed by atoms with E-state index in [9.17, 15) is 13.2 Å². The highest BCUT2D eigenvalue weighted by Gasteiger charge is 2.22. The summed E-state index contributed by atoms with van der Waals surface area (Å²) in [6, 6.07) is 20.0. The third kappa shape index (κ3) is 5.07. The van der Waals surface area contributed by atoms with Crippen molar-refractivity contribution in [1.29, 1.82) is 0 Å². The molecule has 6 heteroatoms. The Bertz CT molecular complexity index is 1140. The molecule has 2 N–H and O–H groups in total. The largest absolute Gasteiger partial charge is 0.376 e. The minimum Gasteiger partial charge on any atom is -0.376 e. The number of amides is 1. The molecule has 0 bridgehead atoms. The lowest BCUT2D eigenvalue weighted by Crippen LogP contribution is -2.29. The summed E-state index contributed by atoms with van der Waals surface area (Å²) in [6.07, 6.45) is 0. The van der Waals surface area contributed by atoms with Gasteiger partial charge in [0.2, 0.25) is 15.7 Å². The molecule has 0 saturated heterocycles. The lowest BCUT2D eigenvalue weighted by molar-refractivity contribution is -0.119. The second kappa shape index (κ2) is 9.13. The maximum atomic E-state index is 13.2. The average Bonchev–Trinajstić information content (AvgIpc) is 2.73. The molecule has 3 rings (SSSR count). The van der Waals surface area contributed by atoms with Crippen LogP contribution in [0.3, 0.4) is 0 Å². The van der Waals surface area contributed by atoms with Gasteiger partial charge in [0.15, 0.2) is 0 Å². The molecule has 0 saturated carbocycles. The quantitative estimate of drug-likeness (QED) is 0.599. The Morgan fingerprint density at radius 1 is 0.867 bits per heavy atom. The minimum atomic E-state index is -3.66. The van der Waals surface area contributed by atoms with Gasteiger partial charge in [-0.3, -0.25) is 4.79 Å². The van der Waals surface area contributed by atoms with Gasteiger partial charge in [0.1, 0.15) is 0 Å². The fourth-order valence-electron chi connectivity index (χ4n) is 3.17. The molecule has 156 valence electrons. The van der Waals surface area contributed by atoms with Gasteiger partial charge in [-0.15, -0.1) is 0 Å². The third-order valence-electron chi connectivity index (χ3n) is 4.90. The first-order valence-electron chi connectivity index (χ1n) is 9.75. The zero-order valence-electron chi connectivity index (χ0n) is 17.4. The number of anilines is 1. The van der Waals surface area contributed by atoms with Gasteiger partial charge in [-0.1, -0.05) is 48.0 Å². The molecular formula is C24H26N2O3S. The molecule has 0 spiro atoms. The number of sulfone groups is 1. The molecule has 0 aliphatic heterocycles. The number of hydrogen-bond acceptors (Lipinski definition) is 4. The van der Waals surface area contributed by atoms with Crippen LogP contribution in [0.5, 0.6) is 0 Å². The topological polar surface area (TPSA) is 75.3 Å². The lowest BCUT2D eigenvalue weighted by Gasteiger charge is -2.15.